The van der Waals surface area contributed by atoms with E-state index in [0.29, 0.717) is 29.8 Å². The third-order valence-corrected chi connectivity index (χ3v) is 6.99. The van der Waals surface area contributed by atoms with Crippen molar-refractivity contribution in [2.75, 3.05) is 7.11 Å². The maximum absolute atomic E-state index is 12.9. The lowest BCUT2D eigenvalue weighted by Gasteiger charge is -2.17. The molecule has 4 aromatic rings. The predicted molar refractivity (Wildman–Crippen MR) is 124 cm³/mol. The number of benzene rings is 2. The molecular formula is C25H24N2O3S. The number of fused-ring (bicyclic) bond motifs is 3. The van der Waals surface area contributed by atoms with Crippen LogP contribution in [0, 0.1) is 5.92 Å². The molecule has 1 atom stereocenters. The highest BCUT2D eigenvalue weighted by Gasteiger charge is 2.23. The van der Waals surface area contributed by atoms with Gasteiger partial charge in [0.15, 0.2) is 11.5 Å². The first-order chi connectivity index (χ1) is 15.1. The van der Waals surface area contributed by atoms with Gasteiger partial charge in [0, 0.05) is 10.4 Å². The van der Waals surface area contributed by atoms with E-state index >= 15 is 0 Å². The highest BCUT2D eigenvalue weighted by molar-refractivity contribution is 7.18. The summed E-state index contributed by atoms with van der Waals surface area (Å²) in [4.78, 5) is 22.8. The zero-order valence-corrected chi connectivity index (χ0v) is 18.4. The summed E-state index contributed by atoms with van der Waals surface area (Å²) >= 11 is 1.66. The van der Waals surface area contributed by atoms with Crippen molar-refractivity contribution >= 4 is 21.6 Å². The molecule has 0 saturated heterocycles. The Balaban J connectivity index is 1.47. The van der Waals surface area contributed by atoms with Gasteiger partial charge in [-0.1, -0.05) is 37.3 Å². The van der Waals surface area contributed by atoms with Gasteiger partial charge in [-0.15, -0.1) is 11.3 Å². The van der Waals surface area contributed by atoms with E-state index in [1.807, 2.05) is 48.5 Å². The van der Waals surface area contributed by atoms with Crippen LogP contribution < -0.4 is 15.0 Å². The second-order valence-corrected chi connectivity index (χ2v) is 9.17. The summed E-state index contributed by atoms with van der Waals surface area (Å²) in [5.41, 5.74) is 3.01. The van der Waals surface area contributed by atoms with Gasteiger partial charge in [-0.3, -0.25) is 4.79 Å². The Morgan fingerprint density at radius 3 is 2.81 bits per heavy atom. The minimum absolute atomic E-state index is 0.0598. The van der Waals surface area contributed by atoms with Gasteiger partial charge in [-0.2, -0.15) is 0 Å². The Hall–Kier alpha value is -3.12. The number of aromatic amines is 1. The monoisotopic (exact) mass is 432 g/mol. The molecule has 1 aliphatic carbocycles. The van der Waals surface area contributed by atoms with Crippen molar-refractivity contribution in [2.45, 2.75) is 32.8 Å². The maximum atomic E-state index is 12.9. The minimum atomic E-state index is -0.0598. The Bertz CT molecular complexity index is 1290. The fraction of sp³-hybridized carbons (Fsp3) is 0.280. The van der Waals surface area contributed by atoms with Gasteiger partial charge in [0.1, 0.15) is 17.3 Å². The van der Waals surface area contributed by atoms with Crippen molar-refractivity contribution in [3.63, 3.8) is 0 Å². The largest absolute Gasteiger partial charge is 0.493 e. The average Bonchev–Trinajstić information content (AvgIpc) is 3.16. The van der Waals surface area contributed by atoms with Crippen LogP contribution in [-0.2, 0) is 19.4 Å². The molecule has 2 heterocycles. The minimum Gasteiger partial charge on any atom is -0.493 e. The third kappa shape index (κ3) is 3.83. The molecule has 0 fully saturated rings. The number of ether oxygens (including phenoxy) is 2. The van der Waals surface area contributed by atoms with Gasteiger partial charge < -0.3 is 14.5 Å². The van der Waals surface area contributed by atoms with Gasteiger partial charge in [-0.05, 0) is 54.5 Å². The van der Waals surface area contributed by atoms with Gasteiger partial charge in [0.05, 0.1) is 12.5 Å². The summed E-state index contributed by atoms with van der Waals surface area (Å²) in [5, 5.41) is 0.769. The number of H-pyrrole nitrogens is 1. The quantitative estimate of drug-likeness (QED) is 0.461. The molecule has 1 unspecified atom stereocenters. The number of nitrogens with zero attached hydrogens (tertiary/aromatic N) is 1. The summed E-state index contributed by atoms with van der Waals surface area (Å²) in [6.07, 6.45) is 3.12. The molecule has 2 aromatic carbocycles. The smallest absolute Gasteiger partial charge is 0.260 e. The Labute approximate surface area is 184 Å². The molecule has 5 rings (SSSR count). The number of thiophene rings is 1. The van der Waals surface area contributed by atoms with E-state index in [1.165, 1.54) is 10.4 Å². The van der Waals surface area contributed by atoms with Crippen molar-refractivity contribution in [1.82, 2.24) is 9.97 Å². The third-order valence-electron chi connectivity index (χ3n) is 5.84. The van der Waals surface area contributed by atoms with E-state index in [4.69, 9.17) is 14.5 Å². The fourth-order valence-electron chi connectivity index (χ4n) is 4.15. The summed E-state index contributed by atoms with van der Waals surface area (Å²) in [7, 11) is 1.61. The van der Waals surface area contributed by atoms with Crippen molar-refractivity contribution in [1.29, 1.82) is 0 Å². The van der Waals surface area contributed by atoms with Crippen LogP contribution in [-0.4, -0.2) is 17.1 Å². The summed E-state index contributed by atoms with van der Waals surface area (Å²) in [6, 6.07) is 15.6. The van der Waals surface area contributed by atoms with Crippen LogP contribution in [0.3, 0.4) is 0 Å². The molecule has 0 amide bonds. The number of hydrogen-bond donors (Lipinski definition) is 1. The zero-order valence-electron chi connectivity index (χ0n) is 17.6. The zero-order chi connectivity index (χ0) is 21.4. The molecular weight excluding hydrogens is 408 g/mol. The van der Waals surface area contributed by atoms with Crippen LogP contribution in [0.5, 0.6) is 11.5 Å². The van der Waals surface area contributed by atoms with Crippen LogP contribution in [0.2, 0.25) is 0 Å². The molecule has 5 nitrogen and oxygen atoms in total. The Morgan fingerprint density at radius 2 is 2.00 bits per heavy atom. The maximum Gasteiger partial charge on any atom is 0.260 e. The number of hydrogen-bond acceptors (Lipinski definition) is 5. The van der Waals surface area contributed by atoms with Gasteiger partial charge >= 0.3 is 0 Å². The standard InChI is InChI=1S/C25H24N2O3S/c1-15-8-10-18-21(12-15)31-25-22(18)24(28)26-23(27-25)17-9-11-19(20(13-17)29-2)30-14-16-6-4-3-5-7-16/h3-7,9,11,13,15H,8,10,12,14H2,1-2H3,(H,26,27,28). The van der Waals surface area contributed by atoms with E-state index in [9.17, 15) is 4.79 Å². The molecule has 0 spiro atoms. The van der Waals surface area contributed by atoms with Gasteiger partial charge in [0.25, 0.3) is 5.56 Å². The molecule has 6 heteroatoms. The average molecular weight is 433 g/mol. The second kappa shape index (κ2) is 8.19. The molecule has 1 aliphatic rings. The van der Waals surface area contributed by atoms with Crippen LogP contribution in [0.4, 0.5) is 0 Å². The van der Waals surface area contributed by atoms with E-state index in [2.05, 4.69) is 11.9 Å². The lowest BCUT2D eigenvalue weighted by atomic mass is 9.89. The van der Waals surface area contributed by atoms with Crippen LogP contribution in [0.15, 0.2) is 53.3 Å². The number of aromatic nitrogens is 2. The highest BCUT2D eigenvalue weighted by Crippen LogP contribution is 2.37. The van der Waals surface area contributed by atoms with Crippen molar-refractivity contribution < 1.29 is 9.47 Å². The summed E-state index contributed by atoms with van der Waals surface area (Å²) < 4.78 is 11.5. The van der Waals surface area contributed by atoms with Crippen molar-refractivity contribution in [3.8, 4) is 22.9 Å². The van der Waals surface area contributed by atoms with E-state index in [-0.39, 0.29) is 5.56 Å². The molecule has 0 bridgehead atoms. The first kappa shape index (κ1) is 19.8. The predicted octanol–water partition coefficient (Wildman–Crippen LogP) is 5.36. The topological polar surface area (TPSA) is 64.2 Å². The molecule has 31 heavy (non-hydrogen) atoms. The number of methoxy groups -OCH3 is 1. The first-order valence-electron chi connectivity index (χ1n) is 10.5. The van der Waals surface area contributed by atoms with Gasteiger partial charge in [-0.25, -0.2) is 4.98 Å². The van der Waals surface area contributed by atoms with E-state index < -0.39 is 0 Å². The molecule has 158 valence electrons. The summed E-state index contributed by atoms with van der Waals surface area (Å²) in [5.74, 6) is 2.47. The van der Waals surface area contributed by atoms with Crippen molar-refractivity contribution in [2.24, 2.45) is 5.92 Å². The fourth-order valence-corrected chi connectivity index (χ4v) is 5.54. The Morgan fingerprint density at radius 1 is 1.16 bits per heavy atom. The van der Waals surface area contributed by atoms with Crippen LogP contribution >= 0.6 is 11.3 Å². The molecule has 2 aromatic heterocycles. The molecule has 0 saturated carbocycles. The lowest BCUT2D eigenvalue weighted by Crippen LogP contribution is -2.13. The molecule has 1 N–H and O–H groups in total. The second-order valence-electron chi connectivity index (χ2n) is 8.09. The first-order valence-corrected chi connectivity index (χ1v) is 11.3. The highest BCUT2D eigenvalue weighted by atomic mass is 32.1. The van der Waals surface area contributed by atoms with Crippen LogP contribution in [0.25, 0.3) is 21.6 Å². The number of rotatable bonds is 5. The lowest BCUT2D eigenvalue weighted by molar-refractivity contribution is 0.284. The number of aryl methyl sites for hydroxylation is 1. The van der Waals surface area contributed by atoms with E-state index in [1.54, 1.807) is 18.4 Å². The van der Waals surface area contributed by atoms with Crippen LogP contribution in [0.1, 0.15) is 29.3 Å². The molecule has 0 radical (unpaired) electrons. The normalized spacial score (nSPS) is 15.6. The number of nitrogens with one attached hydrogen (secondary N) is 1. The Kier molecular flexibility index (Phi) is 5.24. The van der Waals surface area contributed by atoms with Gasteiger partial charge in [0.2, 0.25) is 0 Å². The van der Waals surface area contributed by atoms with Crippen molar-refractivity contribution in [3.05, 3.63) is 74.9 Å². The summed E-state index contributed by atoms with van der Waals surface area (Å²) in [6.45, 7) is 2.72. The molecule has 0 aliphatic heterocycles. The van der Waals surface area contributed by atoms with E-state index in [0.717, 1.165) is 40.6 Å². The SMILES string of the molecule is COc1cc(-c2nc3sc4c(c3c(=O)[nH]2)CCC(C)C4)ccc1OCc1ccccc1.